The fraction of sp³-hybridized carbons (Fsp3) is 0.111. The third kappa shape index (κ3) is 3.81. The molecule has 0 bridgehead atoms. The Morgan fingerprint density at radius 3 is 2.39 bits per heavy atom. The number of imidazole rings is 1. The summed E-state index contributed by atoms with van der Waals surface area (Å²) in [5.41, 5.74) is 7.66. The van der Waals surface area contributed by atoms with E-state index in [9.17, 15) is 4.79 Å². The Kier molecular flexibility index (Phi) is 4.78. The van der Waals surface area contributed by atoms with Gasteiger partial charge in [0, 0.05) is 18.9 Å². The maximum absolute atomic E-state index is 11.9. The maximum atomic E-state index is 11.9. The quantitative estimate of drug-likeness (QED) is 0.708. The minimum Gasteiger partial charge on any atom is -0.368 e. The van der Waals surface area contributed by atoms with Crippen LogP contribution in [0.3, 0.4) is 0 Å². The number of nitrogens with two attached hydrogens (primary N) is 1. The molecule has 1 atom stereocenters. The summed E-state index contributed by atoms with van der Waals surface area (Å²) >= 11 is 1.38. The number of hydrogen-bond acceptors (Lipinski definition) is 3. The first-order valence-corrected chi connectivity index (χ1v) is 8.18. The first-order chi connectivity index (χ1) is 11.2. The van der Waals surface area contributed by atoms with Crippen molar-refractivity contribution >= 4 is 17.7 Å². The molecule has 1 aromatic heterocycles. The molecule has 4 nitrogen and oxygen atoms in total. The van der Waals surface area contributed by atoms with Crippen LogP contribution in [0.15, 0.2) is 78.2 Å². The van der Waals surface area contributed by atoms with Crippen LogP contribution in [0.5, 0.6) is 0 Å². The lowest BCUT2D eigenvalue weighted by Crippen LogP contribution is -2.19. The predicted octanol–water partition coefficient (Wildman–Crippen LogP) is 3.25. The molecule has 0 saturated heterocycles. The standard InChI is InChI=1S/C18H17N3OS/c19-17(22)16(15-9-5-2-6-10-15)23-18-20-11-12-21(18)13-14-7-3-1-4-8-14/h1-12,16H,13H2,(H2,19,22). The topological polar surface area (TPSA) is 60.9 Å². The highest BCUT2D eigenvalue weighted by Gasteiger charge is 2.21. The van der Waals surface area contributed by atoms with Crippen LogP contribution in [0.2, 0.25) is 0 Å². The number of primary amides is 1. The van der Waals surface area contributed by atoms with Crippen LogP contribution < -0.4 is 5.73 Å². The second kappa shape index (κ2) is 7.15. The zero-order chi connectivity index (χ0) is 16.1. The largest absolute Gasteiger partial charge is 0.368 e. The molecule has 1 amide bonds. The van der Waals surface area contributed by atoms with Crippen molar-refractivity contribution in [1.29, 1.82) is 0 Å². The van der Waals surface area contributed by atoms with Crippen LogP contribution in [0, 0.1) is 0 Å². The molecular weight excluding hydrogens is 306 g/mol. The minimum atomic E-state index is -0.451. The Morgan fingerprint density at radius 1 is 1.09 bits per heavy atom. The van der Waals surface area contributed by atoms with E-state index >= 15 is 0 Å². The first-order valence-electron chi connectivity index (χ1n) is 7.30. The lowest BCUT2D eigenvalue weighted by molar-refractivity contribution is -0.117. The van der Waals surface area contributed by atoms with Crippen LogP contribution in [0.4, 0.5) is 0 Å². The number of rotatable bonds is 6. The molecule has 2 N–H and O–H groups in total. The Labute approximate surface area is 139 Å². The molecule has 23 heavy (non-hydrogen) atoms. The summed E-state index contributed by atoms with van der Waals surface area (Å²) in [5.74, 6) is -0.365. The summed E-state index contributed by atoms with van der Waals surface area (Å²) in [4.78, 5) is 16.2. The smallest absolute Gasteiger partial charge is 0.235 e. The number of nitrogens with zero attached hydrogens (tertiary/aromatic N) is 2. The highest BCUT2D eigenvalue weighted by molar-refractivity contribution is 8.00. The fourth-order valence-electron chi connectivity index (χ4n) is 2.34. The molecular formula is C18H17N3OS. The molecule has 3 aromatic rings. The van der Waals surface area contributed by atoms with Gasteiger partial charge in [-0.05, 0) is 11.1 Å². The summed E-state index contributed by atoms with van der Waals surface area (Å²) in [6, 6.07) is 19.7. The highest BCUT2D eigenvalue weighted by atomic mass is 32.2. The van der Waals surface area contributed by atoms with Gasteiger partial charge >= 0.3 is 0 Å². The van der Waals surface area contributed by atoms with Gasteiger partial charge in [0.2, 0.25) is 5.91 Å². The van der Waals surface area contributed by atoms with E-state index in [1.165, 1.54) is 17.3 Å². The predicted molar refractivity (Wildman–Crippen MR) is 92.0 cm³/mol. The number of benzene rings is 2. The van der Waals surface area contributed by atoms with Crippen molar-refractivity contribution in [2.24, 2.45) is 5.73 Å². The lowest BCUT2D eigenvalue weighted by Gasteiger charge is -2.14. The SMILES string of the molecule is NC(=O)C(Sc1nccn1Cc1ccccc1)c1ccccc1. The van der Waals surface area contributed by atoms with Crippen LogP contribution in [0.25, 0.3) is 0 Å². The fourth-order valence-corrected chi connectivity index (χ4v) is 3.34. The molecule has 116 valence electrons. The van der Waals surface area contributed by atoms with Crippen molar-refractivity contribution in [3.05, 3.63) is 84.2 Å². The molecule has 1 unspecified atom stereocenters. The Bertz CT molecular complexity index is 771. The van der Waals surface area contributed by atoms with Crippen LogP contribution >= 0.6 is 11.8 Å². The van der Waals surface area contributed by atoms with Gasteiger partial charge in [-0.15, -0.1) is 0 Å². The zero-order valence-electron chi connectivity index (χ0n) is 12.5. The average Bonchev–Trinajstić information content (AvgIpc) is 3.01. The normalized spacial score (nSPS) is 12.0. The Balaban J connectivity index is 1.82. The number of hydrogen-bond donors (Lipinski definition) is 1. The van der Waals surface area contributed by atoms with Gasteiger partial charge in [0.05, 0.1) is 0 Å². The third-order valence-electron chi connectivity index (χ3n) is 3.46. The highest BCUT2D eigenvalue weighted by Crippen LogP contribution is 2.34. The number of carbonyl (C=O) groups is 1. The van der Waals surface area contributed by atoms with Crippen molar-refractivity contribution in [3.8, 4) is 0 Å². The lowest BCUT2D eigenvalue weighted by atomic mass is 10.1. The van der Waals surface area contributed by atoms with E-state index in [0.717, 1.165) is 10.7 Å². The molecule has 0 fully saturated rings. The summed E-state index contributed by atoms with van der Waals surface area (Å²) < 4.78 is 2.03. The average molecular weight is 323 g/mol. The summed E-state index contributed by atoms with van der Waals surface area (Å²) in [5, 5.41) is 0.328. The molecule has 0 spiro atoms. The van der Waals surface area contributed by atoms with Gasteiger partial charge < -0.3 is 10.3 Å². The second-order valence-electron chi connectivity index (χ2n) is 5.13. The molecule has 0 radical (unpaired) electrons. The van der Waals surface area contributed by atoms with E-state index in [2.05, 4.69) is 17.1 Å². The van der Waals surface area contributed by atoms with Crippen molar-refractivity contribution in [2.45, 2.75) is 17.0 Å². The first kappa shape index (κ1) is 15.4. The van der Waals surface area contributed by atoms with Gasteiger partial charge in [-0.1, -0.05) is 72.4 Å². The zero-order valence-corrected chi connectivity index (χ0v) is 13.3. The molecule has 2 aromatic carbocycles. The van der Waals surface area contributed by atoms with E-state index in [0.29, 0.717) is 6.54 Å². The second-order valence-corrected chi connectivity index (χ2v) is 6.21. The monoisotopic (exact) mass is 323 g/mol. The molecule has 0 aliphatic carbocycles. The molecule has 0 aliphatic heterocycles. The third-order valence-corrected chi connectivity index (χ3v) is 4.75. The number of carbonyl (C=O) groups excluding carboxylic acids is 1. The van der Waals surface area contributed by atoms with Crippen LogP contribution in [0.1, 0.15) is 16.4 Å². The van der Waals surface area contributed by atoms with Crippen molar-refractivity contribution in [1.82, 2.24) is 9.55 Å². The Hall–Kier alpha value is -2.53. The van der Waals surface area contributed by atoms with E-state index in [-0.39, 0.29) is 5.91 Å². The minimum absolute atomic E-state index is 0.365. The van der Waals surface area contributed by atoms with Gasteiger partial charge in [0.15, 0.2) is 5.16 Å². The van der Waals surface area contributed by atoms with Gasteiger partial charge in [0.1, 0.15) is 5.25 Å². The van der Waals surface area contributed by atoms with Gasteiger partial charge in [-0.25, -0.2) is 4.98 Å². The van der Waals surface area contributed by atoms with Crippen LogP contribution in [-0.4, -0.2) is 15.5 Å². The molecule has 0 aliphatic rings. The van der Waals surface area contributed by atoms with Crippen molar-refractivity contribution in [2.75, 3.05) is 0 Å². The molecule has 3 rings (SSSR count). The summed E-state index contributed by atoms with van der Waals surface area (Å²) in [6.45, 7) is 0.712. The van der Waals surface area contributed by atoms with Gasteiger partial charge in [-0.2, -0.15) is 0 Å². The van der Waals surface area contributed by atoms with E-state index in [4.69, 9.17) is 5.73 Å². The number of aromatic nitrogens is 2. The van der Waals surface area contributed by atoms with E-state index < -0.39 is 5.25 Å². The van der Waals surface area contributed by atoms with Crippen molar-refractivity contribution < 1.29 is 4.79 Å². The van der Waals surface area contributed by atoms with E-state index in [1.54, 1.807) is 6.20 Å². The molecule has 5 heteroatoms. The van der Waals surface area contributed by atoms with Gasteiger partial charge in [0.25, 0.3) is 0 Å². The van der Waals surface area contributed by atoms with Gasteiger partial charge in [-0.3, -0.25) is 4.79 Å². The number of amides is 1. The van der Waals surface area contributed by atoms with Crippen molar-refractivity contribution in [3.63, 3.8) is 0 Å². The van der Waals surface area contributed by atoms with Crippen LogP contribution in [-0.2, 0) is 11.3 Å². The summed E-state index contributed by atoms with van der Waals surface area (Å²) in [7, 11) is 0. The summed E-state index contributed by atoms with van der Waals surface area (Å²) in [6.07, 6.45) is 3.66. The molecule has 1 heterocycles. The number of thioether (sulfide) groups is 1. The Morgan fingerprint density at radius 2 is 1.74 bits per heavy atom. The molecule has 0 saturated carbocycles. The van der Waals surface area contributed by atoms with E-state index in [1.807, 2.05) is 59.3 Å². The maximum Gasteiger partial charge on any atom is 0.235 e.